The van der Waals surface area contributed by atoms with Gasteiger partial charge in [0.1, 0.15) is 5.78 Å². The minimum atomic E-state index is -0.319. The van der Waals surface area contributed by atoms with E-state index in [0.717, 1.165) is 0 Å². The van der Waals surface area contributed by atoms with Gasteiger partial charge in [-0.25, -0.2) is 0 Å². The molecular weight excluding hydrogens is 140 g/mol. The lowest BCUT2D eigenvalue weighted by Gasteiger charge is -2.38. The first-order valence-electron chi connectivity index (χ1n) is 4.13. The van der Waals surface area contributed by atoms with Gasteiger partial charge in [-0.15, -0.1) is 0 Å². The van der Waals surface area contributed by atoms with Crippen LogP contribution >= 0.6 is 0 Å². The lowest BCUT2D eigenvalue weighted by molar-refractivity contribution is -0.131. The summed E-state index contributed by atoms with van der Waals surface area (Å²) in [6.45, 7) is 5.83. The van der Waals surface area contributed by atoms with Crippen LogP contribution < -0.4 is 0 Å². The zero-order valence-corrected chi connectivity index (χ0v) is 7.42. The molecule has 1 saturated carbocycles. The molecule has 0 saturated heterocycles. The molecule has 1 fully saturated rings. The standard InChI is InChI=1S/C9H16O2/c1-6-4-7(10)5-9(2,3)8(6)11/h6,8,11H,4-5H2,1-3H3/t6-,8+/m1/s1. The Morgan fingerprint density at radius 3 is 2.55 bits per heavy atom. The van der Waals surface area contributed by atoms with Crippen LogP contribution in [0.5, 0.6) is 0 Å². The Morgan fingerprint density at radius 1 is 1.55 bits per heavy atom. The van der Waals surface area contributed by atoms with E-state index in [2.05, 4.69) is 0 Å². The third-order valence-corrected chi connectivity index (χ3v) is 2.54. The van der Waals surface area contributed by atoms with Crippen molar-refractivity contribution in [2.45, 2.75) is 39.7 Å². The van der Waals surface area contributed by atoms with Gasteiger partial charge in [-0.2, -0.15) is 0 Å². The molecule has 0 unspecified atom stereocenters. The summed E-state index contributed by atoms with van der Waals surface area (Å²) in [6, 6.07) is 0. The summed E-state index contributed by atoms with van der Waals surface area (Å²) in [5, 5.41) is 9.67. The fourth-order valence-electron chi connectivity index (χ4n) is 1.93. The van der Waals surface area contributed by atoms with Gasteiger partial charge in [0.05, 0.1) is 6.10 Å². The SMILES string of the molecule is C[C@@H]1CC(=O)CC(C)(C)[C@H]1O. The number of hydrogen-bond donors (Lipinski definition) is 1. The first-order chi connectivity index (χ1) is 4.93. The maximum absolute atomic E-state index is 11.1. The van der Waals surface area contributed by atoms with Gasteiger partial charge in [-0.1, -0.05) is 20.8 Å². The Kier molecular flexibility index (Phi) is 2.06. The van der Waals surface area contributed by atoms with E-state index < -0.39 is 0 Å². The number of aliphatic hydroxyl groups excluding tert-OH is 1. The normalized spacial score (nSPS) is 37.3. The van der Waals surface area contributed by atoms with Crippen LogP contribution in [0.15, 0.2) is 0 Å². The van der Waals surface area contributed by atoms with Crippen LogP contribution in [0.3, 0.4) is 0 Å². The number of hydrogen-bond acceptors (Lipinski definition) is 2. The van der Waals surface area contributed by atoms with Crippen molar-refractivity contribution in [3.8, 4) is 0 Å². The lowest BCUT2D eigenvalue weighted by atomic mass is 9.70. The van der Waals surface area contributed by atoms with Crippen LogP contribution in [0, 0.1) is 11.3 Å². The van der Waals surface area contributed by atoms with Crippen molar-refractivity contribution in [1.82, 2.24) is 0 Å². The highest BCUT2D eigenvalue weighted by atomic mass is 16.3. The molecule has 1 aliphatic rings. The van der Waals surface area contributed by atoms with E-state index in [1.54, 1.807) is 0 Å². The summed E-state index contributed by atoms with van der Waals surface area (Å²) in [4.78, 5) is 11.1. The summed E-state index contributed by atoms with van der Waals surface area (Å²) in [5.74, 6) is 0.416. The molecule has 0 amide bonds. The Hall–Kier alpha value is -0.370. The van der Waals surface area contributed by atoms with E-state index in [0.29, 0.717) is 12.8 Å². The van der Waals surface area contributed by atoms with Gasteiger partial charge in [-0.05, 0) is 11.3 Å². The Bertz CT molecular complexity index is 172. The molecule has 64 valence electrons. The number of Topliss-reactive ketones (excluding diaryl/α,β-unsaturated/α-hetero) is 1. The summed E-state index contributed by atoms with van der Waals surface area (Å²) >= 11 is 0. The minimum absolute atomic E-state index is 0.131. The van der Waals surface area contributed by atoms with Crippen LogP contribution in [-0.2, 0) is 4.79 Å². The van der Waals surface area contributed by atoms with E-state index in [1.807, 2.05) is 20.8 Å². The van der Waals surface area contributed by atoms with Crippen molar-refractivity contribution >= 4 is 5.78 Å². The summed E-state index contributed by atoms with van der Waals surface area (Å²) in [5.41, 5.74) is -0.214. The molecule has 2 heteroatoms. The van der Waals surface area contributed by atoms with Gasteiger partial charge in [0.2, 0.25) is 0 Å². The third-order valence-electron chi connectivity index (χ3n) is 2.54. The Morgan fingerprint density at radius 2 is 2.09 bits per heavy atom. The van der Waals surface area contributed by atoms with Crippen molar-refractivity contribution in [1.29, 1.82) is 0 Å². The second-order valence-electron chi connectivity index (χ2n) is 4.33. The number of rotatable bonds is 0. The molecule has 0 spiro atoms. The molecule has 0 heterocycles. The first kappa shape index (κ1) is 8.72. The molecule has 1 rings (SSSR count). The Balaban J connectivity index is 2.75. The average Bonchev–Trinajstić information content (AvgIpc) is 1.81. The fourth-order valence-corrected chi connectivity index (χ4v) is 1.93. The largest absolute Gasteiger partial charge is 0.392 e. The van der Waals surface area contributed by atoms with Gasteiger partial charge in [0.25, 0.3) is 0 Å². The fraction of sp³-hybridized carbons (Fsp3) is 0.889. The predicted octanol–water partition coefficient (Wildman–Crippen LogP) is 1.37. The number of aliphatic hydroxyl groups is 1. The number of ketones is 1. The van der Waals surface area contributed by atoms with E-state index >= 15 is 0 Å². The lowest BCUT2D eigenvalue weighted by Crippen LogP contribution is -2.42. The molecule has 0 bridgehead atoms. The molecule has 0 aromatic carbocycles. The first-order valence-corrected chi connectivity index (χ1v) is 4.13. The smallest absolute Gasteiger partial charge is 0.133 e. The van der Waals surface area contributed by atoms with Crippen molar-refractivity contribution in [2.24, 2.45) is 11.3 Å². The number of carbonyl (C=O) groups excluding carboxylic acids is 1. The molecule has 0 aromatic rings. The molecule has 1 N–H and O–H groups in total. The molecule has 0 radical (unpaired) electrons. The van der Waals surface area contributed by atoms with Crippen molar-refractivity contribution in [3.05, 3.63) is 0 Å². The average molecular weight is 156 g/mol. The Labute approximate surface area is 67.6 Å². The van der Waals surface area contributed by atoms with Gasteiger partial charge in [-0.3, -0.25) is 4.79 Å². The zero-order chi connectivity index (χ0) is 8.65. The summed E-state index contributed by atoms with van der Waals surface area (Å²) < 4.78 is 0. The maximum Gasteiger partial charge on any atom is 0.133 e. The molecular formula is C9H16O2. The highest BCUT2D eigenvalue weighted by Crippen LogP contribution is 2.36. The van der Waals surface area contributed by atoms with Crippen LogP contribution in [0.1, 0.15) is 33.6 Å². The van der Waals surface area contributed by atoms with Crippen LogP contribution in [0.2, 0.25) is 0 Å². The number of carbonyl (C=O) groups is 1. The molecule has 0 aliphatic heterocycles. The van der Waals surface area contributed by atoms with E-state index in [9.17, 15) is 9.90 Å². The molecule has 2 nitrogen and oxygen atoms in total. The van der Waals surface area contributed by atoms with Crippen molar-refractivity contribution in [3.63, 3.8) is 0 Å². The van der Waals surface area contributed by atoms with E-state index in [4.69, 9.17) is 0 Å². The highest BCUT2D eigenvalue weighted by molar-refractivity contribution is 5.80. The van der Waals surface area contributed by atoms with Gasteiger partial charge >= 0.3 is 0 Å². The molecule has 0 aromatic heterocycles. The third kappa shape index (κ3) is 1.62. The predicted molar refractivity (Wildman–Crippen MR) is 43.2 cm³/mol. The van der Waals surface area contributed by atoms with Crippen LogP contribution in [-0.4, -0.2) is 17.0 Å². The molecule has 1 aliphatic carbocycles. The topological polar surface area (TPSA) is 37.3 Å². The van der Waals surface area contributed by atoms with Crippen molar-refractivity contribution in [2.75, 3.05) is 0 Å². The highest BCUT2D eigenvalue weighted by Gasteiger charge is 2.39. The maximum atomic E-state index is 11.1. The summed E-state index contributed by atoms with van der Waals surface area (Å²) in [7, 11) is 0. The summed E-state index contributed by atoms with van der Waals surface area (Å²) in [6.07, 6.45) is 0.753. The van der Waals surface area contributed by atoms with Crippen LogP contribution in [0.4, 0.5) is 0 Å². The van der Waals surface area contributed by atoms with E-state index in [1.165, 1.54) is 0 Å². The van der Waals surface area contributed by atoms with Crippen molar-refractivity contribution < 1.29 is 9.90 Å². The van der Waals surface area contributed by atoms with E-state index in [-0.39, 0.29) is 23.2 Å². The molecule has 11 heavy (non-hydrogen) atoms. The van der Waals surface area contributed by atoms with Crippen LogP contribution in [0.25, 0.3) is 0 Å². The molecule has 2 atom stereocenters. The quantitative estimate of drug-likeness (QED) is 0.575. The van der Waals surface area contributed by atoms with Gasteiger partial charge in [0, 0.05) is 12.8 Å². The van der Waals surface area contributed by atoms with Gasteiger partial charge < -0.3 is 5.11 Å². The minimum Gasteiger partial charge on any atom is -0.392 e. The second-order valence-corrected chi connectivity index (χ2v) is 4.33. The van der Waals surface area contributed by atoms with Gasteiger partial charge in [0.15, 0.2) is 0 Å². The zero-order valence-electron chi connectivity index (χ0n) is 7.42. The second kappa shape index (κ2) is 2.59. The monoisotopic (exact) mass is 156 g/mol.